The van der Waals surface area contributed by atoms with Crippen LogP contribution in [-0.2, 0) is 4.74 Å². The first-order valence-corrected chi connectivity index (χ1v) is 12.2. The van der Waals surface area contributed by atoms with Gasteiger partial charge >= 0.3 is 0 Å². The molecule has 0 aliphatic carbocycles. The molecule has 0 spiro atoms. The number of halogens is 1. The van der Waals surface area contributed by atoms with Gasteiger partial charge in [0.25, 0.3) is 5.91 Å². The highest BCUT2D eigenvalue weighted by Crippen LogP contribution is 2.31. The lowest BCUT2D eigenvalue weighted by molar-refractivity contribution is -0.133. The van der Waals surface area contributed by atoms with Crippen molar-refractivity contribution in [3.63, 3.8) is 0 Å². The molecule has 2 bridgehead atoms. The minimum absolute atomic E-state index is 0.0112. The van der Waals surface area contributed by atoms with E-state index in [1.54, 1.807) is 24.4 Å². The van der Waals surface area contributed by atoms with Crippen LogP contribution in [-0.4, -0.2) is 62.2 Å². The first-order valence-electron chi connectivity index (χ1n) is 12.2. The Morgan fingerprint density at radius 1 is 1.05 bits per heavy atom. The van der Waals surface area contributed by atoms with E-state index in [1.165, 1.54) is 6.20 Å². The number of nitrogens with one attached hydrogen (secondary N) is 2. The van der Waals surface area contributed by atoms with Gasteiger partial charge in [0.1, 0.15) is 11.4 Å². The number of benzene rings is 1. The van der Waals surface area contributed by atoms with E-state index >= 15 is 0 Å². The Morgan fingerprint density at radius 3 is 2.59 bits per heavy atom. The monoisotopic (exact) mass is 500 g/mol. The van der Waals surface area contributed by atoms with Crippen molar-refractivity contribution >= 4 is 34.4 Å². The van der Waals surface area contributed by atoms with Crippen LogP contribution < -0.4 is 15.5 Å². The number of rotatable bonds is 6. The minimum atomic E-state index is -0.547. The van der Waals surface area contributed by atoms with Gasteiger partial charge in [-0.25, -0.2) is 29.3 Å². The molecule has 3 fully saturated rings. The largest absolute Gasteiger partial charge is 0.371 e. The normalized spacial score (nSPS) is 18.5. The third-order valence-electron chi connectivity index (χ3n) is 6.30. The van der Waals surface area contributed by atoms with Crippen molar-refractivity contribution < 1.29 is 13.9 Å². The van der Waals surface area contributed by atoms with Gasteiger partial charge in [0, 0.05) is 42.7 Å². The summed E-state index contributed by atoms with van der Waals surface area (Å²) in [5.41, 5.74) is 2.37. The molecule has 7 rings (SSSR count). The molecule has 11 heteroatoms. The Kier molecular flexibility index (Phi) is 5.84. The number of hydrogen-bond donors (Lipinski definition) is 2. The summed E-state index contributed by atoms with van der Waals surface area (Å²) in [6.07, 6.45) is 6.01. The topological polar surface area (TPSA) is 118 Å². The van der Waals surface area contributed by atoms with Gasteiger partial charge in [-0.15, -0.1) is 0 Å². The van der Waals surface area contributed by atoms with E-state index in [1.807, 2.05) is 26.0 Å². The second-order valence-electron chi connectivity index (χ2n) is 9.54. The molecule has 2 N–H and O–H groups in total. The van der Waals surface area contributed by atoms with Crippen LogP contribution in [0.2, 0.25) is 0 Å². The van der Waals surface area contributed by atoms with Crippen LogP contribution in [0.15, 0.2) is 48.9 Å². The summed E-state index contributed by atoms with van der Waals surface area (Å²) >= 11 is 0. The van der Waals surface area contributed by atoms with E-state index in [0.717, 1.165) is 36.6 Å². The molecule has 4 aromatic rings. The van der Waals surface area contributed by atoms with Gasteiger partial charge in [-0.05, 0) is 38.1 Å². The fourth-order valence-corrected chi connectivity index (χ4v) is 4.54. The maximum Gasteiger partial charge on any atom is 0.270 e. The summed E-state index contributed by atoms with van der Waals surface area (Å²) in [7, 11) is 0. The molecule has 0 radical (unpaired) electrons. The molecule has 1 amide bonds. The molecule has 10 nitrogen and oxygen atoms in total. The maximum absolute atomic E-state index is 14.7. The fraction of sp³-hybridized carbons (Fsp3) is 0.308. The predicted octanol–water partition coefficient (Wildman–Crippen LogP) is 3.48. The number of piperidine rings is 1. The van der Waals surface area contributed by atoms with Gasteiger partial charge in [-0.2, -0.15) is 0 Å². The van der Waals surface area contributed by atoms with Crippen LogP contribution in [0.5, 0.6) is 0 Å². The molecule has 3 aliphatic heterocycles. The first-order chi connectivity index (χ1) is 17.9. The van der Waals surface area contributed by atoms with E-state index in [9.17, 15) is 9.18 Å². The third-order valence-corrected chi connectivity index (χ3v) is 6.30. The van der Waals surface area contributed by atoms with Gasteiger partial charge in [0.2, 0.25) is 11.9 Å². The van der Waals surface area contributed by atoms with Crippen molar-refractivity contribution in [3.8, 4) is 11.3 Å². The highest BCUT2D eigenvalue weighted by Gasteiger charge is 2.39. The molecule has 6 heterocycles. The van der Waals surface area contributed by atoms with Gasteiger partial charge < -0.3 is 20.3 Å². The molecule has 37 heavy (non-hydrogen) atoms. The summed E-state index contributed by atoms with van der Waals surface area (Å²) < 4.78 is 20.4. The maximum atomic E-state index is 14.7. The van der Waals surface area contributed by atoms with E-state index in [-0.39, 0.29) is 35.8 Å². The van der Waals surface area contributed by atoms with Gasteiger partial charge in [-0.3, -0.25) is 4.79 Å². The quantitative estimate of drug-likeness (QED) is 0.410. The number of anilines is 3. The van der Waals surface area contributed by atoms with Crippen molar-refractivity contribution in [2.45, 2.75) is 38.5 Å². The molecule has 1 aromatic carbocycles. The zero-order valence-electron chi connectivity index (χ0n) is 20.3. The Balaban J connectivity index is 1.21. The van der Waals surface area contributed by atoms with E-state index in [0.29, 0.717) is 22.9 Å². The Hall–Kier alpha value is -4.25. The zero-order valence-corrected chi connectivity index (χ0v) is 20.3. The van der Waals surface area contributed by atoms with Crippen LogP contribution in [0.25, 0.3) is 22.2 Å². The summed E-state index contributed by atoms with van der Waals surface area (Å²) in [6.45, 7) is 5.35. The standard InChI is InChI=1S/C26H25FN8O2/c1-14(2)31-24(36)22-6-4-17(10-28-22)32-25-29-11-20(27)23(34-25)15-3-5-21-16(7-15)9-30-26(33-21)35-12-18-8-19(13-35)37-18/h3-7,9-11,14,18-19H,8,12-13H2,1-2H3,(H,31,36)(H,29,32,34). The number of amides is 1. The Morgan fingerprint density at radius 2 is 1.86 bits per heavy atom. The highest BCUT2D eigenvalue weighted by atomic mass is 19.1. The van der Waals surface area contributed by atoms with Crippen molar-refractivity contribution in [3.05, 3.63) is 60.4 Å². The number of carbonyl (C=O) groups excluding carboxylic acids is 1. The second kappa shape index (κ2) is 9.32. The van der Waals surface area contributed by atoms with Crippen LogP contribution in [0.3, 0.4) is 0 Å². The van der Waals surface area contributed by atoms with Crippen molar-refractivity contribution in [2.24, 2.45) is 0 Å². The molecule has 3 saturated heterocycles. The SMILES string of the molecule is CC(C)NC(=O)c1ccc(Nc2ncc(F)c(-c3ccc4nc(N5CC6CC(C5)O6)ncc4c3)n2)cn1. The molecular weight excluding hydrogens is 475 g/mol. The number of hydrogen-bond acceptors (Lipinski definition) is 9. The van der Waals surface area contributed by atoms with E-state index in [4.69, 9.17) is 9.72 Å². The average Bonchev–Trinajstić information content (AvgIpc) is 2.89. The number of aromatic nitrogens is 5. The van der Waals surface area contributed by atoms with Crippen LogP contribution >= 0.6 is 0 Å². The second-order valence-corrected chi connectivity index (χ2v) is 9.54. The van der Waals surface area contributed by atoms with Crippen LogP contribution in [0.4, 0.5) is 22.0 Å². The number of nitrogens with zero attached hydrogens (tertiary/aromatic N) is 6. The lowest BCUT2D eigenvalue weighted by Crippen LogP contribution is -2.57. The predicted molar refractivity (Wildman–Crippen MR) is 136 cm³/mol. The smallest absolute Gasteiger partial charge is 0.270 e. The third kappa shape index (κ3) is 4.77. The van der Waals surface area contributed by atoms with E-state index in [2.05, 4.69) is 35.5 Å². The van der Waals surface area contributed by atoms with Crippen molar-refractivity contribution in [1.82, 2.24) is 30.2 Å². The van der Waals surface area contributed by atoms with Gasteiger partial charge in [0.05, 0.1) is 35.8 Å². The first kappa shape index (κ1) is 23.2. The Bertz CT molecular complexity index is 1460. The molecule has 3 aliphatic rings. The number of fused-ring (bicyclic) bond motifs is 3. The number of morpholine rings is 1. The highest BCUT2D eigenvalue weighted by molar-refractivity contribution is 5.92. The Labute approximate surface area is 212 Å². The number of ether oxygens (including phenoxy) is 1. The molecule has 2 atom stereocenters. The molecule has 2 unspecified atom stereocenters. The van der Waals surface area contributed by atoms with Crippen molar-refractivity contribution in [1.29, 1.82) is 0 Å². The van der Waals surface area contributed by atoms with E-state index < -0.39 is 5.82 Å². The summed E-state index contributed by atoms with van der Waals surface area (Å²) in [5.74, 6) is 0.0825. The minimum Gasteiger partial charge on any atom is -0.371 e. The fourth-order valence-electron chi connectivity index (χ4n) is 4.54. The van der Waals surface area contributed by atoms with Gasteiger partial charge in [0.15, 0.2) is 5.82 Å². The lowest BCUT2D eigenvalue weighted by Gasteiger charge is -2.46. The number of carbonyl (C=O) groups is 1. The summed E-state index contributed by atoms with van der Waals surface area (Å²) in [5, 5.41) is 6.59. The van der Waals surface area contributed by atoms with Gasteiger partial charge in [-0.1, -0.05) is 6.07 Å². The van der Waals surface area contributed by atoms with Crippen LogP contribution in [0.1, 0.15) is 30.8 Å². The number of pyridine rings is 1. The molecule has 3 aromatic heterocycles. The van der Waals surface area contributed by atoms with Crippen molar-refractivity contribution in [2.75, 3.05) is 23.3 Å². The molecular formula is C26H25FN8O2. The summed E-state index contributed by atoms with van der Waals surface area (Å²) in [6, 6.07) is 8.75. The molecule has 0 saturated carbocycles. The molecule has 188 valence electrons. The lowest BCUT2D eigenvalue weighted by atomic mass is 9.99. The average molecular weight is 501 g/mol. The van der Waals surface area contributed by atoms with Crippen LogP contribution in [0, 0.1) is 5.82 Å². The summed E-state index contributed by atoms with van der Waals surface area (Å²) in [4.78, 5) is 36.1. The zero-order chi connectivity index (χ0) is 25.5.